The van der Waals surface area contributed by atoms with Gasteiger partial charge < -0.3 is 20.6 Å². The summed E-state index contributed by atoms with van der Waals surface area (Å²) in [7, 11) is 5.38. The molecule has 0 saturated carbocycles. The largest absolute Gasteiger partial charge is 0.390 e. The van der Waals surface area contributed by atoms with Gasteiger partial charge in [-0.25, -0.2) is 0 Å². The van der Waals surface area contributed by atoms with Crippen molar-refractivity contribution in [2.45, 2.75) is 19.1 Å². The number of amides is 1. The number of carbonyl (C=O) groups excluding carboxylic acids is 1. The standard InChI is InChI=1S/C9H21N3O2/c1-7(9(14)10-2)11-5-8(13)6-12(3)4/h7-8,11,13H,5-6H2,1-4H3,(H,10,14). The molecule has 0 bridgehead atoms. The number of nitrogens with zero attached hydrogens (tertiary/aromatic N) is 1. The lowest BCUT2D eigenvalue weighted by Gasteiger charge is -2.18. The highest BCUT2D eigenvalue weighted by atomic mass is 16.3. The average Bonchev–Trinajstić information content (AvgIpc) is 2.11. The van der Waals surface area contributed by atoms with Crippen LogP contribution in [0.5, 0.6) is 0 Å². The summed E-state index contributed by atoms with van der Waals surface area (Å²) in [6.07, 6.45) is -0.447. The summed E-state index contributed by atoms with van der Waals surface area (Å²) in [5.41, 5.74) is 0. The number of nitrogens with one attached hydrogen (secondary N) is 2. The number of aliphatic hydroxyl groups excluding tert-OH is 1. The Labute approximate surface area is 85.5 Å². The molecule has 0 spiro atoms. The second-order valence-corrected chi connectivity index (χ2v) is 3.66. The maximum atomic E-state index is 11.1. The van der Waals surface area contributed by atoms with E-state index in [1.165, 1.54) is 0 Å². The highest BCUT2D eigenvalue weighted by molar-refractivity contribution is 5.80. The molecule has 0 aliphatic heterocycles. The molecule has 0 aliphatic rings. The molecule has 0 rings (SSSR count). The van der Waals surface area contributed by atoms with Crippen molar-refractivity contribution in [3.63, 3.8) is 0 Å². The Morgan fingerprint density at radius 1 is 1.50 bits per heavy atom. The topological polar surface area (TPSA) is 64.6 Å². The third-order valence-electron chi connectivity index (χ3n) is 1.88. The summed E-state index contributed by atoms with van der Waals surface area (Å²) in [5.74, 6) is -0.0675. The molecule has 2 unspecified atom stereocenters. The van der Waals surface area contributed by atoms with Crippen LogP contribution in [-0.4, -0.2) is 62.3 Å². The molecule has 0 aromatic heterocycles. The van der Waals surface area contributed by atoms with E-state index in [4.69, 9.17) is 0 Å². The quantitative estimate of drug-likeness (QED) is 0.498. The lowest BCUT2D eigenvalue weighted by molar-refractivity contribution is -0.122. The highest BCUT2D eigenvalue weighted by Crippen LogP contribution is 1.87. The fourth-order valence-electron chi connectivity index (χ4n) is 1.11. The van der Waals surface area contributed by atoms with Gasteiger partial charge in [-0.1, -0.05) is 0 Å². The van der Waals surface area contributed by atoms with Crippen LogP contribution in [0.1, 0.15) is 6.92 Å². The molecule has 0 fully saturated rings. The van der Waals surface area contributed by atoms with Gasteiger partial charge in [0.25, 0.3) is 0 Å². The first-order valence-electron chi connectivity index (χ1n) is 4.75. The van der Waals surface area contributed by atoms with E-state index >= 15 is 0 Å². The third kappa shape index (κ3) is 5.90. The Bertz CT molecular complexity index is 173. The van der Waals surface area contributed by atoms with Crippen molar-refractivity contribution in [3.8, 4) is 0 Å². The predicted molar refractivity (Wildman–Crippen MR) is 56.1 cm³/mol. The van der Waals surface area contributed by atoms with Crippen LogP contribution < -0.4 is 10.6 Å². The van der Waals surface area contributed by atoms with Crippen LogP contribution in [-0.2, 0) is 4.79 Å². The number of hydrogen-bond donors (Lipinski definition) is 3. The molecule has 84 valence electrons. The van der Waals surface area contributed by atoms with E-state index in [1.54, 1.807) is 14.0 Å². The van der Waals surface area contributed by atoms with Gasteiger partial charge in [-0.2, -0.15) is 0 Å². The molecule has 0 saturated heterocycles. The zero-order valence-corrected chi connectivity index (χ0v) is 9.37. The Morgan fingerprint density at radius 3 is 2.50 bits per heavy atom. The third-order valence-corrected chi connectivity index (χ3v) is 1.88. The lowest BCUT2D eigenvalue weighted by atomic mass is 10.2. The first-order chi connectivity index (χ1) is 6.47. The first kappa shape index (κ1) is 13.4. The minimum atomic E-state index is -0.447. The zero-order valence-electron chi connectivity index (χ0n) is 9.37. The SMILES string of the molecule is CNC(=O)C(C)NCC(O)CN(C)C. The fourth-order valence-corrected chi connectivity index (χ4v) is 1.11. The van der Waals surface area contributed by atoms with E-state index in [1.807, 2.05) is 19.0 Å². The van der Waals surface area contributed by atoms with E-state index in [0.29, 0.717) is 13.1 Å². The van der Waals surface area contributed by atoms with Crippen molar-refractivity contribution in [2.75, 3.05) is 34.2 Å². The van der Waals surface area contributed by atoms with Crippen molar-refractivity contribution in [3.05, 3.63) is 0 Å². The fraction of sp³-hybridized carbons (Fsp3) is 0.889. The lowest BCUT2D eigenvalue weighted by Crippen LogP contribution is -2.45. The van der Waals surface area contributed by atoms with E-state index < -0.39 is 6.10 Å². The molecule has 0 heterocycles. The van der Waals surface area contributed by atoms with Crippen molar-refractivity contribution >= 4 is 5.91 Å². The number of aliphatic hydroxyl groups is 1. The van der Waals surface area contributed by atoms with Crippen LogP contribution in [0.25, 0.3) is 0 Å². The summed E-state index contributed by atoms with van der Waals surface area (Å²) >= 11 is 0. The number of likely N-dealkylation sites (N-methyl/N-ethyl adjacent to an activating group) is 2. The summed E-state index contributed by atoms with van der Waals surface area (Å²) in [5, 5.41) is 15.0. The molecule has 5 heteroatoms. The van der Waals surface area contributed by atoms with Gasteiger partial charge in [0, 0.05) is 20.1 Å². The molecule has 1 amide bonds. The molecule has 2 atom stereocenters. The molecule has 3 N–H and O–H groups in total. The van der Waals surface area contributed by atoms with E-state index in [-0.39, 0.29) is 11.9 Å². The molecule has 0 aliphatic carbocycles. The van der Waals surface area contributed by atoms with Gasteiger partial charge in [0.2, 0.25) is 5.91 Å². The van der Waals surface area contributed by atoms with Gasteiger partial charge >= 0.3 is 0 Å². The number of hydrogen-bond acceptors (Lipinski definition) is 4. The van der Waals surface area contributed by atoms with Gasteiger partial charge in [0.05, 0.1) is 12.1 Å². The van der Waals surface area contributed by atoms with Crippen LogP contribution in [0, 0.1) is 0 Å². The summed E-state index contributed by atoms with van der Waals surface area (Å²) < 4.78 is 0. The van der Waals surface area contributed by atoms with Crippen molar-refractivity contribution in [1.29, 1.82) is 0 Å². The van der Waals surface area contributed by atoms with Crippen LogP contribution in [0.15, 0.2) is 0 Å². The van der Waals surface area contributed by atoms with Crippen LogP contribution in [0.4, 0.5) is 0 Å². The van der Waals surface area contributed by atoms with E-state index in [0.717, 1.165) is 0 Å². The first-order valence-corrected chi connectivity index (χ1v) is 4.75. The van der Waals surface area contributed by atoms with Gasteiger partial charge in [-0.15, -0.1) is 0 Å². The Kier molecular flexibility index (Phi) is 6.44. The minimum Gasteiger partial charge on any atom is -0.390 e. The molecule has 0 aromatic carbocycles. The van der Waals surface area contributed by atoms with Gasteiger partial charge in [0.1, 0.15) is 0 Å². The molecule has 14 heavy (non-hydrogen) atoms. The highest BCUT2D eigenvalue weighted by Gasteiger charge is 2.12. The van der Waals surface area contributed by atoms with Crippen LogP contribution >= 0.6 is 0 Å². The van der Waals surface area contributed by atoms with Crippen molar-refractivity contribution in [1.82, 2.24) is 15.5 Å². The Morgan fingerprint density at radius 2 is 2.07 bits per heavy atom. The van der Waals surface area contributed by atoms with Gasteiger partial charge in [-0.3, -0.25) is 4.79 Å². The number of rotatable bonds is 6. The van der Waals surface area contributed by atoms with E-state index in [9.17, 15) is 9.90 Å². The molecule has 0 radical (unpaired) electrons. The van der Waals surface area contributed by atoms with E-state index in [2.05, 4.69) is 10.6 Å². The van der Waals surface area contributed by atoms with Crippen molar-refractivity contribution < 1.29 is 9.90 Å². The molecule has 5 nitrogen and oxygen atoms in total. The second-order valence-electron chi connectivity index (χ2n) is 3.66. The Balaban J connectivity index is 3.65. The average molecular weight is 203 g/mol. The monoisotopic (exact) mass is 203 g/mol. The summed E-state index contributed by atoms with van der Waals surface area (Å²) in [4.78, 5) is 13.0. The number of carbonyl (C=O) groups is 1. The molecular weight excluding hydrogens is 182 g/mol. The van der Waals surface area contributed by atoms with Crippen LogP contribution in [0.3, 0.4) is 0 Å². The zero-order chi connectivity index (χ0) is 11.1. The van der Waals surface area contributed by atoms with Crippen molar-refractivity contribution in [2.24, 2.45) is 0 Å². The smallest absolute Gasteiger partial charge is 0.236 e. The maximum Gasteiger partial charge on any atom is 0.236 e. The summed E-state index contributed by atoms with van der Waals surface area (Å²) in [6.45, 7) is 2.78. The molecular formula is C9H21N3O2. The molecule has 0 aromatic rings. The maximum absolute atomic E-state index is 11.1. The van der Waals surface area contributed by atoms with Gasteiger partial charge in [-0.05, 0) is 21.0 Å². The Hall–Kier alpha value is -0.650. The second kappa shape index (κ2) is 6.75. The van der Waals surface area contributed by atoms with Gasteiger partial charge in [0.15, 0.2) is 0 Å². The summed E-state index contributed by atoms with van der Waals surface area (Å²) in [6, 6.07) is -0.267. The normalized spacial score (nSPS) is 15.3. The van der Waals surface area contributed by atoms with Crippen LogP contribution in [0.2, 0.25) is 0 Å². The minimum absolute atomic E-state index is 0.0675. The predicted octanol–water partition coefficient (Wildman–Crippen LogP) is -1.37.